The fourth-order valence-corrected chi connectivity index (χ4v) is 2.63. The lowest BCUT2D eigenvalue weighted by Crippen LogP contribution is -2.51. The average Bonchev–Trinajstić information content (AvgIpc) is 2.41. The van der Waals surface area contributed by atoms with Gasteiger partial charge in [-0.25, -0.2) is 0 Å². The quantitative estimate of drug-likeness (QED) is 0.865. The molecule has 4 heteroatoms. The number of rotatable bonds is 1. The molecule has 18 heavy (non-hydrogen) atoms. The summed E-state index contributed by atoms with van der Waals surface area (Å²) in [6.45, 7) is 7.81. The van der Waals surface area contributed by atoms with Gasteiger partial charge in [-0.2, -0.15) is 0 Å². The maximum absolute atomic E-state index is 12.3. The van der Waals surface area contributed by atoms with Gasteiger partial charge in [0.1, 0.15) is 0 Å². The molecule has 0 bridgehead atoms. The van der Waals surface area contributed by atoms with Crippen LogP contribution in [-0.2, 0) is 4.79 Å². The van der Waals surface area contributed by atoms with Crippen molar-refractivity contribution in [2.45, 2.75) is 32.7 Å². The normalized spacial score (nSPS) is 19.8. The van der Waals surface area contributed by atoms with E-state index < -0.39 is 0 Å². The molecule has 1 aliphatic rings. The number of hydrogen-bond acceptors (Lipinski definition) is 2. The number of amides is 1. The number of aryl methyl sites for hydroxylation is 1. The van der Waals surface area contributed by atoms with Crippen LogP contribution in [0.2, 0.25) is 0 Å². The summed E-state index contributed by atoms with van der Waals surface area (Å²) in [5.41, 5.74) is 1.93. The summed E-state index contributed by atoms with van der Waals surface area (Å²) in [7, 11) is 0. The molecular formula is C14H19BrN2O. The number of carbonyl (C=O) groups is 1. The lowest BCUT2D eigenvalue weighted by Gasteiger charge is -2.37. The molecule has 1 aromatic carbocycles. The number of hydrogen-bond donors (Lipinski definition) is 1. The molecule has 2 rings (SSSR count). The Morgan fingerprint density at radius 1 is 1.39 bits per heavy atom. The minimum absolute atomic E-state index is 0.187. The molecule has 0 radical (unpaired) electrons. The summed E-state index contributed by atoms with van der Waals surface area (Å²) in [5, 5.41) is 3.32. The smallest absolute Gasteiger partial charge is 0.228 e. The number of nitrogens with zero attached hydrogens (tertiary/aromatic N) is 1. The van der Waals surface area contributed by atoms with Gasteiger partial charge in [0.15, 0.2) is 0 Å². The van der Waals surface area contributed by atoms with Crippen molar-refractivity contribution in [3.63, 3.8) is 0 Å². The second kappa shape index (κ2) is 5.02. The van der Waals surface area contributed by atoms with E-state index in [-0.39, 0.29) is 11.4 Å². The lowest BCUT2D eigenvalue weighted by molar-refractivity contribution is -0.119. The van der Waals surface area contributed by atoms with Gasteiger partial charge in [0.05, 0.1) is 5.54 Å². The molecule has 0 saturated carbocycles. The summed E-state index contributed by atoms with van der Waals surface area (Å²) in [5.74, 6) is 0.187. The van der Waals surface area contributed by atoms with Crippen LogP contribution in [0.15, 0.2) is 22.7 Å². The molecule has 1 amide bonds. The van der Waals surface area contributed by atoms with Crippen molar-refractivity contribution in [1.82, 2.24) is 5.32 Å². The highest BCUT2D eigenvalue weighted by atomic mass is 79.9. The summed E-state index contributed by atoms with van der Waals surface area (Å²) >= 11 is 3.50. The van der Waals surface area contributed by atoms with Gasteiger partial charge in [0, 0.05) is 29.7 Å². The van der Waals surface area contributed by atoms with Crippen LogP contribution in [0.4, 0.5) is 5.69 Å². The third kappa shape index (κ3) is 2.59. The monoisotopic (exact) mass is 310 g/mol. The van der Waals surface area contributed by atoms with Crippen LogP contribution < -0.4 is 10.2 Å². The lowest BCUT2D eigenvalue weighted by atomic mass is 10.0. The Balaban J connectivity index is 2.43. The number of carbonyl (C=O) groups excluding carboxylic acids is 1. The van der Waals surface area contributed by atoms with Crippen molar-refractivity contribution in [2.75, 3.05) is 18.0 Å². The third-order valence-electron chi connectivity index (χ3n) is 3.33. The molecule has 1 aliphatic heterocycles. The van der Waals surface area contributed by atoms with Crippen molar-refractivity contribution >= 4 is 27.5 Å². The second-order valence-corrected chi connectivity index (χ2v) is 6.26. The Morgan fingerprint density at radius 3 is 2.78 bits per heavy atom. The first kappa shape index (κ1) is 13.6. The largest absolute Gasteiger partial charge is 0.314 e. The fraction of sp³-hybridized carbons (Fsp3) is 0.500. The summed E-state index contributed by atoms with van der Waals surface area (Å²) in [6.07, 6.45) is 0.554. The molecule has 1 N–H and O–H groups in total. The minimum Gasteiger partial charge on any atom is -0.314 e. The number of halogens is 1. The highest BCUT2D eigenvalue weighted by Gasteiger charge is 2.33. The Kier molecular flexibility index (Phi) is 3.78. The summed E-state index contributed by atoms with van der Waals surface area (Å²) in [6, 6.07) is 6.07. The van der Waals surface area contributed by atoms with E-state index in [9.17, 15) is 4.79 Å². The number of benzene rings is 1. The van der Waals surface area contributed by atoms with Gasteiger partial charge in [-0.3, -0.25) is 4.79 Å². The predicted molar refractivity (Wildman–Crippen MR) is 77.9 cm³/mol. The molecule has 1 aromatic rings. The third-order valence-corrected chi connectivity index (χ3v) is 4.22. The van der Waals surface area contributed by atoms with Crippen molar-refractivity contribution in [3.8, 4) is 0 Å². The van der Waals surface area contributed by atoms with Crippen LogP contribution >= 0.6 is 15.9 Å². The Labute approximate surface area is 117 Å². The van der Waals surface area contributed by atoms with E-state index in [1.165, 1.54) is 0 Å². The first-order valence-electron chi connectivity index (χ1n) is 6.22. The maximum Gasteiger partial charge on any atom is 0.228 e. The van der Waals surface area contributed by atoms with Crippen molar-refractivity contribution in [2.24, 2.45) is 0 Å². The molecular weight excluding hydrogens is 292 g/mol. The minimum atomic E-state index is -0.201. The molecule has 1 fully saturated rings. The standard InChI is InChI=1S/C14H19BrN2O/c1-10-8-11(4-5-12(10)15)17-13(18)6-7-16-9-14(17,2)3/h4-5,8,16H,6-7,9H2,1-3H3. The highest BCUT2D eigenvalue weighted by molar-refractivity contribution is 9.10. The Hall–Kier alpha value is -0.870. The zero-order valence-corrected chi connectivity index (χ0v) is 12.7. The van der Waals surface area contributed by atoms with Gasteiger partial charge in [-0.1, -0.05) is 15.9 Å². The van der Waals surface area contributed by atoms with Crippen LogP contribution in [0, 0.1) is 6.92 Å². The van der Waals surface area contributed by atoms with E-state index in [4.69, 9.17) is 0 Å². The maximum atomic E-state index is 12.3. The topological polar surface area (TPSA) is 32.3 Å². The Bertz CT molecular complexity index is 471. The fourth-order valence-electron chi connectivity index (χ4n) is 2.38. The van der Waals surface area contributed by atoms with Crippen molar-refractivity contribution in [1.29, 1.82) is 0 Å². The van der Waals surface area contributed by atoms with Crippen molar-refractivity contribution in [3.05, 3.63) is 28.2 Å². The molecule has 0 atom stereocenters. The molecule has 1 heterocycles. The van der Waals surface area contributed by atoms with Gasteiger partial charge in [-0.15, -0.1) is 0 Å². The van der Waals surface area contributed by atoms with Gasteiger partial charge in [0.25, 0.3) is 0 Å². The van der Waals surface area contributed by atoms with E-state index in [0.717, 1.165) is 28.8 Å². The number of anilines is 1. The van der Waals surface area contributed by atoms with Crippen LogP contribution in [0.5, 0.6) is 0 Å². The van der Waals surface area contributed by atoms with E-state index >= 15 is 0 Å². The van der Waals surface area contributed by atoms with Crippen molar-refractivity contribution < 1.29 is 4.79 Å². The van der Waals surface area contributed by atoms with Gasteiger partial charge >= 0.3 is 0 Å². The second-order valence-electron chi connectivity index (χ2n) is 5.40. The van der Waals surface area contributed by atoms with E-state index in [0.29, 0.717) is 6.42 Å². The summed E-state index contributed by atoms with van der Waals surface area (Å²) in [4.78, 5) is 14.2. The van der Waals surface area contributed by atoms with Gasteiger partial charge in [0.2, 0.25) is 5.91 Å². The molecule has 0 unspecified atom stereocenters. The highest BCUT2D eigenvalue weighted by Crippen LogP contribution is 2.29. The zero-order valence-electron chi connectivity index (χ0n) is 11.1. The van der Waals surface area contributed by atoms with E-state index in [1.54, 1.807) is 0 Å². The average molecular weight is 311 g/mol. The van der Waals surface area contributed by atoms with Crippen LogP contribution in [0.3, 0.4) is 0 Å². The molecule has 1 saturated heterocycles. The predicted octanol–water partition coefficient (Wildman–Crippen LogP) is 2.86. The zero-order chi connectivity index (χ0) is 13.3. The molecule has 0 aliphatic carbocycles. The number of nitrogens with one attached hydrogen (secondary N) is 1. The van der Waals surface area contributed by atoms with Gasteiger partial charge in [-0.05, 0) is 44.5 Å². The molecule has 0 spiro atoms. The Morgan fingerprint density at radius 2 is 2.11 bits per heavy atom. The van der Waals surface area contributed by atoms with Crippen LogP contribution in [0.1, 0.15) is 25.8 Å². The first-order chi connectivity index (χ1) is 8.42. The molecule has 98 valence electrons. The molecule has 3 nitrogen and oxygen atoms in total. The summed E-state index contributed by atoms with van der Waals surface area (Å²) < 4.78 is 1.07. The first-order valence-corrected chi connectivity index (χ1v) is 7.01. The molecule has 0 aromatic heterocycles. The SMILES string of the molecule is Cc1cc(N2C(=O)CCNCC2(C)C)ccc1Br. The van der Waals surface area contributed by atoms with Crippen LogP contribution in [-0.4, -0.2) is 24.5 Å². The van der Waals surface area contributed by atoms with E-state index in [2.05, 4.69) is 41.2 Å². The van der Waals surface area contributed by atoms with Gasteiger partial charge < -0.3 is 10.2 Å². The van der Waals surface area contributed by atoms with E-state index in [1.807, 2.05) is 24.0 Å². The van der Waals surface area contributed by atoms with Crippen LogP contribution in [0.25, 0.3) is 0 Å².